The molecular formula is C7H3F4S. The maximum Gasteiger partial charge on any atom is 0.446 e. The Morgan fingerprint density at radius 2 is 2.00 bits per heavy atom. The predicted octanol–water partition coefficient (Wildman–Crippen LogP) is 3.24. The van der Waals surface area contributed by atoms with Gasteiger partial charge in [0, 0.05) is 6.07 Å². The van der Waals surface area contributed by atoms with Crippen LogP contribution in [0.4, 0.5) is 17.6 Å². The van der Waals surface area contributed by atoms with E-state index < -0.39 is 28.0 Å². The summed E-state index contributed by atoms with van der Waals surface area (Å²) in [6.07, 6.45) is 0. The molecule has 0 aromatic heterocycles. The van der Waals surface area contributed by atoms with Gasteiger partial charge in [-0.05, 0) is 17.8 Å². The quantitative estimate of drug-likeness (QED) is 0.489. The highest BCUT2D eigenvalue weighted by Gasteiger charge is 2.30. The number of halogens is 4. The Hall–Kier alpha value is -0.710. The first-order chi connectivity index (χ1) is 5.49. The summed E-state index contributed by atoms with van der Waals surface area (Å²) < 4.78 is 47.7. The Balaban J connectivity index is 2.83. The number of hydrogen-bond acceptors (Lipinski definition) is 1. The minimum atomic E-state index is -4.45. The second-order valence-electron chi connectivity index (χ2n) is 1.90. The Bertz CT molecular complexity index is 268. The number of thioether (sulfide) groups is 1. The fourth-order valence-electron chi connectivity index (χ4n) is 0.605. The van der Waals surface area contributed by atoms with Crippen molar-refractivity contribution in [1.29, 1.82) is 0 Å². The van der Waals surface area contributed by atoms with Gasteiger partial charge < -0.3 is 0 Å². The molecule has 1 rings (SSSR count). The zero-order chi connectivity index (χ0) is 9.19. The van der Waals surface area contributed by atoms with E-state index in [0.29, 0.717) is 0 Å². The van der Waals surface area contributed by atoms with Crippen molar-refractivity contribution >= 4 is 11.8 Å². The lowest BCUT2D eigenvalue weighted by Crippen LogP contribution is -2.00. The van der Waals surface area contributed by atoms with Gasteiger partial charge in [0.05, 0.1) is 4.90 Å². The average molecular weight is 195 g/mol. The van der Waals surface area contributed by atoms with Crippen LogP contribution in [-0.4, -0.2) is 5.51 Å². The first kappa shape index (κ1) is 9.38. The Morgan fingerprint density at radius 1 is 1.33 bits per heavy atom. The van der Waals surface area contributed by atoms with Crippen molar-refractivity contribution in [3.63, 3.8) is 0 Å². The van der Waals surface area contributed by atoms with E-state index >= 15 is 0 Å². The zero-order valence-corrected chi connectivity index (χ0v) is 6.47. The van der Waals surface area contributed by atoms with Crippen LogP contribution >= 0.6 is 11.8 Å². The highest BCUT2D eigenvalue weighted by molar-refractivity contribution is 8.00. The molecule has 0 fully saturated rings. The SMILES string of the molecule is Fc1[c]cccc1SC(F)(F)F. The molecule has 0 heterocycles. The van der Waals surface area contributed by atoms with Gasteiger partial charge in [-0.15, -0.1) is 0 Å². The summed E-state index contributed by atoms with van der Waals surface area (Å²) in [6, 6.07) is 5.62. The van der Waals surface area contributed by atoms with Crippen LogP contribution in [-0.2, 0) is 0 Å². The van der Waals surface area contributed by atoms with Gasteiger partial charge in [0.2, 0.25) is 0 Å². The Morgan fingerprint density at radius 3 is 2.50 bits per heavy atom. The van der Waals surface area contributed by atoms with Gasteiger partial charge >= 0.3 is 5.51 Å². The van der Waals surface area contributed by atoms with Gasteiger partial charge in [0.25, 0.3) is 0 Å². The predicted molar refractivity (Wildman–Crippen MR) is 37.1 cm³/mol. The average Bonchev–Trinajstić information content (AvgIpc) is 1.91. The van der Waals surface area contributed by atoms with Gasteiger partial charge in [0.15, 0.2) is 0 Å². The van der Waals surface area contributed by atoms with Crippen molar-refractivity contribution < 1.29 is 17.6 Å². The molecule has 0 N–H and O–H groups in total. The molecule has 0 amide bonds. The molecular weight excluding hydrogens is 192 g/mol. The van der Waals surface area contributed by atoms with Gasteiger partial charge in [0.1, 0.15) is 5.82 Å². The lowest BCUT2D eigenvalue weighted by Gasteiger charge is -2.04. The van der Waals surface area contributed by atoms with Crippen LogP contribution in [0, 0.1) is 11.9 Å². The first-order valence-electron chi connectivity index (χ1n) is 2.91. The third kappa shape index (κ3) is 2.73. The molecule has 1 radical (unpaired) electrons. The van der Waals surface area contributed by atoms with Crippen LogP contribution in [0.25, 0.3) is 0 Å². The number of alkyl halides is 3. The number of rotatable bonds is 1. The van der Waals surface area contributed by atoms with Crippen molar-refractivity contribution in [2.75, 3.05) is 0 Å². The van der Waals surface area contributed by atoms with Crippen molar-refractivity contribution in [3.05, 3.63) is 30.1 Å². The Kier molecular flexibility index (Phi) is 2.62. The standard InChI is InChI=1S/C7H3F4S/c8-5-3-1-2-4-6(5)12-7(9,10)11/h1-2,4H. The number of benzene rings is 1. The summed E-state index contributed by atoms with van der Waals surface area (Å²) in [6.45, 7) is 0. The monoisotopic (exact) mass is 195 g/mol. The van der Waals surface area contributed by atoms with Gasteiger partial charge in [-0.1, -0.05) is 12.1 Å². The molecule has 0 aliphatic heterocycles. The van der Waals surface area contributed by atoms with E-state index in [1.807, 2.05) is 6.07 Å². The summed E-state index contributed by atoms with van der Waals surface area (Å²) >= 11 is -0.479. The topological polar surface area (TPSA) is 0 Å². The fourth-order valence-corrected chi connectivity index (χ4v) is 1.15. The fraction of sp³-hybridized carbons (Fsp3) is 0.143. The highest BCUT2D eigenvalue weighted by Crippen LogP contribution is 2.37. The summed E-state index contributed by atoms with van der Waals surface area (Å²) in [5.41, 5.74) is -4.45. The third-order valence-electron chi connectivity index (χ3n) is 0.996. The van der Waals surface area contributed by atoms with E-state index in [1.165, 1.54) is 12.1 Å². The minimum absolute atomic E-state index is 0.454. The normalized spacial score (nSPS) is 11.7. The maximum absolute atomic E-state index is 12.5. The van der Waals surface area contributed by atoms with Crippen molar-refractivity contribution in [2.45, 2.75) is 10.4 Å². The molecule has 0 atom stereocenters. The largest absolute Gasteiger partial charge is 0.446 e. The summed E-state index contributed by atoms with van der Waals surface area (Å²) in [5.74, 6) is -0.972. The summed E-state index contributed by atoms with van der Waals surface area (Å²) in [7, 11) is 0. The second kappa shape index (κ2) is 3.35. The highest BCUT2D eigenvalue weighted by atomic mass is 32.2. The van der Waals surface area contributed by atoms with E-state index in [0.717, 1.165) is 6.07 Å². The second-order valence-corrected chi connectivity index (χ2v) is 3.00. The van der Waals surface area contributed by atoms with Gasteiger partial charge in [-0.3, -0.25) is 0 Å². The van der Waals surface area contributed by atoms with Crippen LogP contribution in [0.15, 0.2) is 23.1 Å². The Labute approximate surface area is 70.6 Å². The molecule has 0 unspecified atom stereocenters. The lowest BCUT2D eigenvalue weighted by molar-refractivity contribution is -0.0329. The van der Waals surface area contributed by atoms with Crippen LogP contribution in [0.1, 0.15) is 0 Å². The molecule has 0 aliphatic carbocycles. The molecule has 0 spiro atoms. The smallest absolute Gasteiger partial charge is 0.205 e. The van der Waals surface area contributed by atoms with Crippen LogP contribution < -0.4 is 0 Å². The third-order valence-corrected chi connectivity index (χ3v) is 1.76. The molecule has 1 aromatic rings. The molecule has 5 heteroatoms. The van der Waals surface area contributed by atoms with Crippen LogP contribution in [0.5, 0.6) is 0 Å². The number of hydrogen-bond donors (Lipinski definition) is 0. The van der Waals surface area contributed by atoms with E-state index in [9.17, 15) is 17.6 Å². The van der Waals surface area contributed by atoms with E-state index in [4.69, 9.17) is 0 Å². The van der Waals surface area contributed by atoms with Crippen molar-refractivity contribution in [2.24, 2.45) is 0 Å². The molecule has 0 aliphatic rings. The molecule has 65 valence electrons. The lowest BCUT2D eigenvalue weighted by atomic mass is 10.4. The summed E-state index contributed by atoms with van der Waals surface area (Å²) in [4.78, 5) is -0.454. The van der Waals surface area contributed by atoms with Crippen molar-refractivity contribution in [1.82, 2.24) is 0 Å². The summed E-state index contributed by atoms with van der Waals surface area (Å²) in [5, 5.41) is 0. The molecule has 0 nitrogen and oxygen atoms in total. The van der Waals surface area contributed by atoms with Crippen LogP contribution in [0.2, 0.25) is 0 Å². The molecule has 1 aromatic carbocycles. The molecule has 0 saturated heterocycles. The molecule has 0 bridgehead atoms. The first-order valence-corrected chi connectivity index (χ1v) is 3.72. The van der Waals surface area contributed by atoms with Gasteiger partial charge in [-0.2, -0.15) is 13.2 Å². The van der Waals surface area contributed by atoms with Crippen molar-refractivity contribution in [3.8, 4) is 0 Å². The van der Waals surface area contributed by atoms with E-state index in [1.54, 1.807) is 0 Å². The molecule has 12 heavy (non-hydrogen) atoms. The maximum atomic E-state index is 12.5. The van der Waals surface area contributed by atoms with E-state index in [2.05, 4.69) is 0 Å². The van der Waals surface area contributed by atoms with E-state index in [-0.39, 0.29) is 0 Å². The molecule has 0 saturated carbocycles. The zero-order valence-electron chi connectivity index (χ0n) is 5.65. The van der Waals surface area contributed by atoms with Crippen LogP contribution in [0.3, 0.4) is 0 Å². The minimum Gasteiger partial charge on any atom is -0.205 e. The van der Waals surface area contributed by atoms with Gasteiger partial charge in [-0.25, -0.2) is 4.39 Å².